The Morgan fingerprint density at radius 3 is 2.17 bits per heavy atom. The Hall–Kier alpha value is -4.33. The molecule has 3 aromatic carbocycles. The van der Waals surface area contributed by atoms with E-state index >= 15 is 0 Å². The smallest absolute Gasteiger partial charge is 0.412 e. The molecule has 0 spiro atoms. The number of nitrogens with one attached hydrogen (secondary N) is 2. The Kier molecular flexibility index (Phi) is 6.46. The number of aromatic nitrogens is 2. The summed E-state index contributed by atoms with van der Waals surface area (Å²) >= 11 is 0. The van der Waals surface area contributed by atoms with Crippen molar-refractivity contribution in [3.63, 3.8) is 0 Å². The number of anilines is 3. The summed E-state index contributed by atoms with van der Waals surface area (Å²) in [7, 11) is 3.92. The van der Waals surface area contributed by atoms with E-state index in [1.54, 1.807) is 29.1 Å². The van der Waals surface area contributed by atoms with Crippen LogP contribution >= 0.6 is 0 Å². The Labute approximate surface area is 204 Å². The first-order chi connectivity index (χ1) is 16.6. The zero-order chi connectivity index (χ0) is 25.2. The maximum atomic E-state index is 12.6. The standard InChI is InChI=1S/C27H29N5O3/c1-27(2,3)35-26(34)30-21-10-15-24-19(16-21)17-28-32(24)23-13-8-20(9-14-23)29-25(33)18-6-11-22(12-7-18)31(4)5/h6-17H,1-5H3,(H,29,33)(H,30,34). The molecule has 2 amide bonds. The van der Waals surface area contributed by atoms with Crippen LogP contribution in [0.3, 0.4) is 0 Å². The highest BCUT2D eigenvalue weighted by Gasteiger charge is 2.16. The lowest BCUT2D eigenvalue weighted by Gasteiger charge is -2.19. The second kappa shape index (κ2) is 9.50. The number of hydrogen-bond donors (Lipinski definition) is 2. The van der Waals surface area contributed by atoms with Gasteiger partial charge in [-0.3, -0.25) is 10.1 Å². The third-order valence-electron chi connectivity index (χ3n) is 5.23. The number of benzene rings is 3. The number of hydrogen-bond acceptors (Lipinski definition) is 5. The SMILES string of the molecule is CN(C)c1ccc(C(=O)Nc2ccc(-n3ncc4cc(NC(=O)OC(C)(C)C)ccc43)cc2)cc1. The molecule has 0 aliphatic heterocycles. The molecular formula is C27H29N5O3. The molecular weight excluding hydrogens is 442 g/mol. The van der Waals surface area contributed by atoms with Crippen LogP contribution in [0.2, 0.25) is 0 Å². The number of nitrogens with zero attached hydrogens (tertiary/aromatic N) is 3. The summed E-state index contributed by atoms with van der Waals surface area (Å²) in [6, 6.07) is 20.4. The van der Waals surface area contributed by atoms with Crippen molar-refractivity contribution < 1.29 is 14.3 Å². The van der Waals surface area contributed by atoms with Crippen LogP contribution in [0.25, 0.3) is 16.6 Å². The summed E-state index contributed by atoms with van der Waals surface area (Å²) in [6.07, 6.45) is 1.23. The average molecular weight is 472 g/mol. The molecule has 4 aromatic rings. The van der Waals surface area contributed by atoms with Gasteiger partial charge in [-0.15, -0.1) is 0 Å². The summed E-state index contributed by atoms with van der Waals surface area (Å²) < 4.78 is 7.11. The van der Waals surface area contributed by atoms with Gasteiger partial charge in [-0.25, -0.2) is 9.48 Å². The van der Waals surface area contributed by atoms with E-state index in [1.807, 2.05) is 88.3 Å². The van der Waals surface area contributed by atoms with Crippen molar-refractivity contribution in [3.05, 3.63) is 78.5 Å². The van der Waals surface area contributed by atoms with Crippen molar-refractivity contribution in [2.45, 2.75) is 26.4 Å². The van der Waals surface area contributed by atoms with E-state index in [4.69, 9.17) is 4.74 Å². The molecule has 0 saturated carbocycles. The predicted octanol–water partition coefficient (Wildman–Crippen LogP) is 5.69. The largest absolute Gasteiger partial charge is 0.444 e. The fraction of sp³-hybridized carbons (Fsp3) is 0.222. The predicted molar refractivity (Wildman–Crippen MR) is 140 cm³/mol. The molecule has 0 saturated heterocycles. The normalized spacial score (nSPS) is 11.2. The van der Waals surface area contributed by atoms with Crippen LogP contribution in [0.15, 0.2) is 72.9 Å². The first kappa shape index (κ1) is 23.8. The molecule has 1 heterocycles. The van der Waals surface area contributed by atoms with Crippen LogP contribution in [-0.2, 0) is 4.74 Å². The topological polar surface area (TPSA) is 88.5 Å². The Bertz CT molecular complexity index is 1350. The fourth-order valence-corrected chi connectivity index (χ4v) is 3.54. The van der Waals surface area contributed by atoms with Gasteiger partial charge in [0, 0.05) is 42.1 Å². The monoisotopic (exact) mass is 471 g/mol. The van der Waals surface area contributed by atoms with E-state index in [2.05, 4.69) is 15.7 Å². The van der Waals surface area contributed by atoms with Crippen LogP contribution in [0.5, 0.6) is 0 Å². The first-order valence-corrected chi connectivity index (χ1v) is 11.3. The van der Waals surface area contributed by atoms with E-state index < -0.39 is 11.7 Å². The molecule has 0 radical (unpaired) electrons. The third-order valence-corrected chi connectivity index (χ3v) is 5.23. The molecule has 8 heteroatoms. The highest BCUT2D eigenvalue weighted by atomic mass is 16.6. The summed E-state index contributed by atoms with van der Waals surface area (Å²) in [6.45, 7) is 5.46. The van der Waals surface area contributed by atoms with Gasteiger partial charge in [-0.05, 0) is 87.5 Å². The number of rotatable bonds is 5. The van der Waals surface area contributed by atoms with Crippen LogP contribution < -0.4 is 15.5 Å². The van der Waals surface area contributed by atoms with Gasteiger partial charge in [0.15, 0.2) is 0 Å². The van der Waals surface area contributed by atoms with Gasteiger partial charge in [0.25, 0.3) is 5.91 Å². The lowest BCUT2D eigenvalue weighted by Crippen LogP contribution is -2.27. The van der Waals surface area contributed by atoms with Gasteiger partial charge in [-0.2, -0.15) is 5.10 Å². The van der Waals surface area contributed by atoms with Crippen molar-refractivity contribution in [1.29, 1.82) is 0 Å². The van der Waals surface area contributed by atoms with E-state index in [1.165, 1.54) is 0 Å². The van der Waals surface area contributed by atoms with Gasteiger partial charge in [0.05, 0.1) is 17.4 Å². The highest BCUT2D eigenvalue weighted by molar-refractivity contribution is 6.04. The average Bonchev–Trinajstić information content (AvgIpc) is 3.21. The lowest BCUT2D eigenvalue weighted by atomic mass is 10.2. The number of amides is 2. The number of ether oxygens (including phenoxy) is 1. The molecule has 35 heavy (non-hydrogen) atoms. The first-order valence-electron chi connectivity index (χ1n) is 11.3. The third kappa shape index (κ3) is 5.78. The Morgan fingerprint density at radius 1 is 0.886 bits per heavy atom. The minimum absolute atomic E-state index is 0.169. The molecule has 180 valence electrons. The van der Waals surface area contributed by atoms with Gasteiger partial charge in [0.2, 0.25) is 0 Å². The zero-order valence-corrected chi connectivity index (χ0v) is 20.5. The van der Waals surface area contributed by atoms with Gasteiger partial charge in [-0.1, -0.05) is 0 Å². The number of carbonyl (C=O) groups is 2. The van der Waals surface area contributed by atoms with Gasteiger partial charge < -0.3 is 15.0 Å². The molecule has 0 aliphatic rings. The molecule has 0 atom stereocenters. The van der Waals surface area contributed by atoms with E-state index in [0.717, 1.165) is 22.3 Å². The van der Waals surface area contributed by atoms with Gasteiger partial charge >= 0.3 is 6.09 Å². The second-order valence-electron chi connectivity index (χ2n) is 9.40. The summed E-state index contributed by atoms with van der Waals surface area (Å²) in [4.78, 5) is 26.6. The van der Waals surface area contributed by atoms with Crippen molar-refractivity contribution >= 4 is 40.0 Å². The molecule has 1 aromatic heterocycles. The molecule has 4 rings (SSSR count). The van der Waals surface area contributed by atoms with Crippen LogP contribution in [0.1, 0.15) is 31.1 Å². The number of fused-ring (bicyclic) bond motifs is 1. The van der Waals surface area contributed by atoms with E-state index in [9.17, 15) is 9.59 Å². The highest BCUT2D eigenvalue weighted by Crippen LogP contribution is 2.24. The van der Waals surface area contributed by atoms with Crippen LogP contribution in [0.4, 0.5) is 21.9 Å². The fourth-order valence-electron chi connectivity index (χ4n) is 3.54. The summed E-state index contributed by atoms with van der Waals surface area (Å²) in [5, 5.41) is 11.0. The summed E-state index contributed by atoms with van der Waals surface area (Å²) in [5.74, 6) is -0.169. The quantitative estimate of drug-likeness (QED) is 0.390. The minimum atomic E-state index is -0.568. The molecule has 2 N–H and O–H groups in total. The molecule has 0 unspecified atom stereocenters. The zero-order valence-electron chi connectivity index (χ0n) is 20.5. The van der Waals surface area contributed by atoms with Crippen molar-refractivity contribution in [1.82, 2.24) is 9.78 Å². The molecule has 0 aliphatic carbocycles. The van der Waals surface area contributed by atoms with Gasteiger partial charge in [0.1, 0.15) is 5.60 Å². The Morgan fingerprint density at radius 2 is 1.54 bits per heavy atom. The van der Waals surface area contributed by atoms with Crippen molar-refractivity contribution in [2.75, 3.05) is 29.6 Å². The summed E-state index contributed by atoms with van der Waals surface area (Å²) in [5.41, 5.74) is 4.11. The molecule has 0 fully saturated rings. The van der Waals surface area contributed by atoms with E-state index in [0.29, 0.717) is 16.9 Å². The maximum Gasteiger partial charge on any atom is 0.412 e. The van der Waals surface area contributed by atoms with Crippen molar-refractivity contribution in [2.24, 2.45) is 0 Å². The molecule has 0 bridgehead atoms. The minimum Gasteiger partial charge on any atom is -0.444 e. The molecule has 8 nitrogen and oxygen atoms in total. The maximum absolute atomic E-state index is 12.6. The van der Waals surface area contributed by atoms with Crippen LogP contribution in [0, 0.1) is 0 Å². The number of carbonyl (C=O) groups excluding carboxylic acids is 2. The van der Waals surface area contributed by atoms with Crippen LogP contribution in [-0.4, -0.2) is 41.5 Å². The lowest BCUT2D eigenvalue weighted by molar-refractivity contribution is 0.0635. The Balaban J connectivity index is 1.46. The van der Waals surface area contributed by atoms with E-state index in [-0.39, 0.29) is 5.91 Å². The second-order valence-corrected chi connectivity index (χ2v) is 9.40. The van der Waals surface area contributed by atoms with Crippen molar-refractivity contribution in [3.8, 4) is 5.69 Å².